The van der Waals surface area contributed by atoms with Crippen LogP contribution in [0.1, 0.15) is 0 Å². The maximum atomic E-state index is 13.9. The molecule has 1 heterocycles. The van der Waals surface area contributed by atoms with E-state index in [4.69, 9.17) is 5.73 Å². The summed E-state index contributed by atoms with van der Waals surface area (Å²) < 4.78 is 54.6. The number of anilines is 1. The first kappa shape index (κ1) is 15.0. The second-order valence-corrected chi connectivity index (χ2v) is 4.90. The molecule has 1 aromatic heterocycles. The van der Waals surface area contributed by atoms with Crippen LogP contribution in [-0.4, -0.2) is 4.98 Å². The van der Waals surface area contributed by atoms with Gasteiger partial charge in [0, 0.05) is 34.6 Å². The Bertz CT molecular complexity index is 824. The summed E-state index contributed by atoms with van der Waals surface area (Å²) in [6.45, 7) is 0. The molecule has 6 heteroatoms. The molecule has 2 nitrogen and oxygen atoms in total. The molecule has 0 radical (unpaired) electrons. The number of rotatable bonds is 2. The number of halogens is 4. The topological polar surface area (TPSA) is 38.9 Å². The van der Waals surface area contributed by atoms with Crippen molar-refractivity contribution >= 4 is 5.69 Å². The summed E-state index contributed by atoms with van der Waals surface area (Å²) in [5.41, 5.74) is 5.94. The maximum absolute atomic E-state index is 13.9. The van der Waals surface area contributed by atoms with Crippen LogP contribution in [0.15, 0.2) is 48.8 Å². The molecule has 0 fully saturated rings. The lowest BCUT2D eigenvalue weighted by molar-refractivity contribution is 0.602. The van der Waals surface area contributed by atoms with Crippen LogP contribution in [0.4, 0.5) is 23.2 Å². The summed E-state index contributed by atoms with van der Waals surface area (Å²) in [5, 5.41) is 0. The van der Waals surface area contributed by atoms with Crippen LogP contribution in [0.2, 0.25) is 0 Å². The molecule has 0 saturated heterocycles. The van der Waals surface area contributed by atoms with Crippen LogP contribution < -0.4 is 5.73 Å². The highest BCUT2D eigenvalue weighted by molar-refractivity contribution is 5.88. The number of hydrogen-bond acceptors (Lipinski definition) is 2. The average Bonchev–Trinajstić information content (AvgIpc) is 2.53. The quantitative estimate of drug-likeness (QED) is 0.704. The first-order chi connectivity index (χ1) is 11.0. The van der Waals surface area contributed by atoms with Crippen LogP contribution in [0, 0.1) is 23.3 Å². The number of nitrogen functional groups attached to an aromatic ring is 1. The van der Waals surface area contributed by atoms with E-state index in [-0.39, 0.29) is 27.9 Å². The van der Waals surface area contributed by atoms with E-state index in [0.29, 0.717) is 0 Å². The van der Waals surface area contributed by atoms with E-state index < -0.39 is 23.3 Å². The first-order valence-electron chi connectivity index (χ1n) is 6.61. The number of aromatic nitrogens is 1. The molecule has 0 aliphatic heterocycles. The van der Waals surface area contributed by atoms with E-state index in [0.717, 1.165) is 36.4 Å². The second-order valence-electron chi connectivity index (χ2n) is 4.90. The summed E-state index contributed by atoms with van der Waals surface area (Å²) in [5.74, 6) is -2.69. The molecule has 0 atom stereocenters. The second kappa shape index (κ2) is 5.72. The normalized spacial score (nSPS) is 10.8. The van der Waals surface area contributed by atoms with Crippen molar-refractivity contribution in [2.45, 2.75) is 0 Å². The summed E-state index contributed by atoms with van der Waals surface area (Å²) >= 11 is 0. The minimum absolute atomic E-state index is 0.0194. The van der Waals surface area contributed by atoms with Gasteiger partial charge in [-0.15, -0.1) is 0 Å². The summed E-state index contributed by atoms with van der Waals surface area (Å²) in [6.07, 6.45) is 2.49. The average molecular weight is 318 g/mol. The van der Waals surface area contributed by atoms with Gasteiger partial charge in [-0.25, -0.2) is 17.6 Å². The van der Waals surface area contributed by atoms with E-state index in [9.17, 15) is 17.6 Å². The molecule has 0 spiro atoms. The van der Waals surface area contributed by atoms with Crippen LogP contribution >= 0.6 is 0 Å². The van der Waals surface area contributed by atoms with Gasteiger partial charge in [0.05, 0.1) is 5.69 Å². The smallest absolute Gasteiger partial charge is 0.131 e. The van der Waals surface area contributed by atoms with E-state index in [1.54, 1.807) is 0 Å². The molecule has 23 heavy (non-hydrogen) atoms. The van der Waals surface area contributed by atoms with E-state index in [1.165, 1.54) is 12.4 Å². The fourth-order valence-corrected chi connectivity index (χ4v) is 2.31. The predicted octanol–water partition coefficient (Wildman–Crippen LogP) is 4.55. The monoisotopic (exact) mass is 318 g/mol. The molecule has 0 saturated carbocycles. The summed E-state index contributed by atoms with van der Waals surface area (Å²) in [7, 11) is 0. The van der Waals surface area contributed by atoms with Crippen LogP contribution in [0.25, 0.3) is 22.3 Å². The van der Waals surface area contributed by atoms with Crippen LogP contribution in [-0.2, 0) is 0 Å². The fourth-order valence-electron chi connectivity index (χ4n) is 2.31. The highest BCUT2D eigenvalue weighted by Crippen LogP contribution is 2.36. The lowest BCUT2D eigenvalue weighted by atomic mass is 9.98. The van der Waals surface area contributed by atoms with Gasteiger partial charge in [0.15, 0.2) is 0 Å². The molecule has 0 amide bonds. The van der Waals surface area contributed by atoms with Gasteiger partial charge in [-0.05, 0) is 36.4 Å². The van der Waals surface area contributed by atoms with Gasteiger partial charge in [-0.2, -0.15) is 0 Å². The summed E-state index contributed by atoms with van der Waals surface area (Å²) in [6, 6.07) is 5.79. The van der Waals surface area contributed by atoms with Crippen molar-refractivity contribution in [3.8, 4) is 22.3 Å². The standard InChI is InChI=1S/C17H10F4N2/c18-9-1-3-15(20)11(5-9)13-7-23-8-14(17(13)22)12-6-10(19)2-4-16(12)21/h1-8H,(H2,22,23). The molecule has 0 unspecified atom stereocenters. The molecule has 116 valence electrons. The van der Waals surface area contributed by atoms with E-state index in [1.807, 2.05) is 0 Å². The lowest BCUT2D eigenvalue weighted by Gasteiger charge is -2.12. The minimum Gasteiger partial charge on any atom is -0.398 e. The zero-order valence-electron chi connectivity index (χ0n) is 11.7. The van der Waals surface area contributed by atoms with Gasteiger partial charge >= 0.3 is 0 Å². The Morgan fingerprint density at radius 2 is 1.09 bits per heavy atom. The fraction of sp³-hybridized carbons (Fsp3) is 0. The first-order valence-corrected chi connectivity index (χ1v) is 6.61. The zero-order chi connectivity index (χ0) is 16.6. The molecule has 2 aromatic carbocycles. The number of nitrogens with zero attached hydrogens (tertiary/aromatic N) is 1. The Morgan fingerprint density at radius 3 is 1.52 bits per heavy atom. The largest absolute Gasteiger partial charge is 0.398 e. The third-order valence-electron chi connectivity index (χ3n) is 3.42. The van der Waals surface area contributed by atoms with Crippen molar-refractivity contribution in [3.63, 3.8) is 0 Å². The third kappa shape index (κ3) is 2.75. The third-order valence-corrected chi connectivity index (χ3v) is 3.42. The predicted molar refractivity (Wildman–Crippen MR) is 79.4 cm³/mol. The van der Waals surface area contributed by atoms with Crippen LogP contribution in [0.3, 0.4) is 0 Å². The molecular formula is C17H10F4N2. The number of pyridine rings is 1. The van der Waals surface area contributed by atoms with Gasteiger partial charge in [0.1, 0.15) is 23.3 Å². The molecular weight excluding hydrogens is 308 g/mol. The molecule has 0 aliphatic rings. The minimum atomic E-state index is -0.697. The van der Waals surface area contributed by atoms with Crippen molar-refractivity contribution < 1.29 is 17.6 Å². The van der Waals surface area contributed by atoms with E-state index in [2.05, 4.69) is 4.98 Å². The van der Waals surface area contributed by atoms with Crippen LogP contribution in [0.5, 0.6) is 0 Å². The highest BCUT2D eigenvalue weighted by atomic mass is 19.1. The molecule has 2 N–H and O–H groups in total. The summed E-state index contributed by atoms with van der Waals surface area (Å²) in [4.78, 5) is 3.88. The molecule has 3 aromatic rings. The Hall–Kier alpha value is -2.89. The number of benzene rings is 2. The molecule has 3 rings (SSSR count). The van der Waals surface area contributed by atoms with Crippen molar-refractivity contribution in [2.24, 2.45) is 0 Å². The molecule has 0 bridgehead atoms. The maximum Gasteiger partial charge on any atom is 0.131 e. The highest BCUT2D eigenvalue weighted by Gasteiger charge is 2.16. The Kier molecular flexibility index (Phi) is 3.73. The SMILES string of the molecule is Nc1c(-c2cc(F)ccc2F)cncc1-c1cc(F)ccc1F. The lowest BCUT2D eigenvalue weighted by Crippen LogP contribution is -1.99. The van der Waals surface area contributed by atoms with Crippen molar-refractivity contribution in [1.29, 1.82) is 0 Å². The number of hydrogen-bond donors (Lipinski definition) is 1. The van der Waals surface area contributed by atoms with Gasteiger partial charge in [0.25, 0.3) is 0 Å². The van der Waals surface area contributed by atoms with Crippen molar-refractivity contribution in [2.75, 3.05) is 5.73 Å². The van der Waals surface area contributed by atoms with Gasteiger partial charge in [0.2, 0.25) is 0 Å². The van der Waals surface area contributed by atoms with Gasteiger partial charge in [-0.3, -0.25) is 4.98 Å². The molecule has 0 aliphatic carbocycles. The zero-order valence-corrected chi connectivity index (χ0v) is 11.7. The Balaban J connectivity index is 2.23. The Labute approximate surface area is 129 Å². The van der Waals surface area contributed by atoms with Crippen molar-refractivity contribution in [3.05, 3.63) is 72.1 Å². The number of nitrogens with two attached hydrogens (primary N) is 1. The Morgan fingerprint density at radius 1 is 0.652 bits per heavy atom. The van der Waals surface area contributed by atoms with Gasteiger partial charge in [-0.1, -0.05) is 0 Å². The van der Waals surface area contributed by atoms with Gasteiger partial charge < -0.3 is 5.73 Å². The van der Waals surface area contributed by atoms with E-state index >= 15 is 0 Å². The van der Waals surface area contributed by atoms with Crippen molar-refractivity contribution in [1.82, 2.24) is 4.98 Å².